The van der Waals surface area contributed by atoms with Crippen molar-refractivity contribution in [1.29, 1.82) is 0 Å². The van der Waals surface area contributed by atoms with Crippen LogP contribution < -0.4 is 9.87 Å². The van der Waals surface area contributed by atoms with Crippen molar-refractivity contribution in [3.8, 4) is 0 Å². The number of hydrogen-bond donors (Lipinski definition) is 2. The van der Waals surface area contributed by atoms with E-state index < -0.39 is 0 Å². The molecule has 52 valence electrons. The fourth-order valence-corrected chi connectivity index (χ4v) is 0.955. The second kappa shape index (κ2) is 3.09. The largest absolute Gasteiger partial charge is 0.381 e. The minimum absolute atomic E-state index is 0.455. The fourth-order valence-electron chi connectivity index (χ4n) is 0.722. The third-order valence-electron chi connectivity index (χ3n) is 1.11. The summed E-state index contributed by atoms with van der Waals surface area (Å²) in [6.45, 7) is 4.19. The Kier molecular flexibility index (Phi) is 2.36. The van der Waals surface area contributed by atoms with Gasteiger partial charge in [0.2, 0.25) is 16.3 Å². The van der Waals surface area contributed by atoms with Gasteiger partial charge in [0.15, 0.2) is 0 Å². The Morgan fingerprint density at radius 1 is 1.70 bits per heavy atom. The lowest BCUT2D eigenvalue weighted by atomic mass is 10.4. The average molecular weight is 151 g/mol. The van der Waals surface area contributed by atoms with Crippen LogP contribution in [0.25, 0.3) is 0 Å². The number of nitrogens with one attached hydrogen (secondary N) is 2. The second-order valence-corrected chi connectivity index (χ2v) is 3.07. The number of nitrogens with zero attached hydrogens (tertiary/aromatic N) is 1. The first kappa shape index (κ1) is 7.65. The minimum Gasteiger partial charge on any atom is -0.381 e. The van der Waals surface area contributed by atoms with Crippen molar-refractivity contribution in [2.45, 2.75) is 19.9 Å². The zero-order chi connectivity index (χ0) is 7.56. The first-order valence-corrected chi connectivity index (χ1v) is 3.83. The van der Waals surface area contributed by atoms with Gasteiger partial charge in [0, 0.05) is 6.04 Å². The van der Waals surface area contributed by atoms with Crippen LogP contribution in [0.3, 0.4) is 0 Å². The van der Waals surface area contributed by atoms with Crippen molar-refractivity contribution in [2.75, 3.05) is 5.32 Å². The predicted octanol–water partition coefficient (Wildman–Crippen LogP) is 0.0238. The van der Waals surface area contributed by atoms with E-state index in [0.717, 1.165) is 10.2 Å². The van der Waals surface area contributed by atoms with Gasteiger partial charge in [-0.25, -0.2) is 0 Å². The van der Waals surface area contributed by atoms with E-state index in [4.69, 9.17) is 0 Å². The number of aromatic amines is 1. The van der Waals surface area contributed by atoms with Crippen LogP contribution in [0.2, 0.25) is 0 Å². The summed E-state index contributed by atoms with van der Waals surface area (Å²) in [6.07, 6.45) is 1.78. The van der Waals surface area contributed by atoms with E-state index in [9.17, 15) is 0 Å². The molecule has 0 aliphatic carbocycles. The van der Waals surface area contributed by atoms with Crippen LogP contribution in [0, 0.1) is 0 Å². The lowest BCUT2D eigenvalue weighted by molar-refractivity contribution is 0.901. The first-order valence-electron chi connectivity index (χ1n) is 3.25. The second-order valence-electron chi connectivity index (χ2n) is 2.50. The predicted molar refractivity (Wildman–Crippen MR) is 42.7 cm³/mol. The molecule has 2 N–H and O–H groups in total. The summed E-state index contributed by atoms with van der Waals surface area (Å²) in [7, 11) is 0. The number of hydrogen-bond acceptors (Lipinski definition) is 2. The van der Waals surface area contributed by atoms with Crippen molar-refractivity contribution >= 4 is 26.5 Å². The number of rotatable bonds is 2. The zero-order valence-electron chi connectivity index (χ0n) is 6.18. The maximum absolute atomic E-state index is 3.87. The van der Waals surface area contributed by atoms with E-state index in [1.165, 1.54) is 0 Å². The average Bonchev–Trinajstić information content (AvgIpc) is 2.15. The molecule has 0 amide bonds. The van der Waals surface area contributed by atoms with Crippen LogP contribution in [-0.2, 0) is 0 Å². The molecule has 4 heteroatoms. The van der Waals surface area contributed by atoms with Gasteiger partial charge in [0.1, 0.15) is 0 Å². The molecule has 0 aliphatic heterocycles. The summed E-state index contributed by atoms with van der Waals surface area (Å²) in [5.74, 6) is 0. The number of aromatic nitrogens is 2. The smallest absolute Gasteiger partial charge is 0.212 e. The fraction of sp³-hybridized carbons (Fsp3) is 0.500. The molecule has 0 bridgehead atoms. The third-order valence-corrected chi connectivity index (χ3v) is 1.55. The molecule has 1 rings (SSSR count). The van der Waals surface area contributed by atoms with Gasteiger partial charge in [-0.3, -0.25) is 0 Å². The van der Waals surface area contributed by atoms with Gasteiger partial charge < -0.3 is 10.4 Å². The highest BCUT2D eigenvalue weighted by atomic mass is 27.0. The summed E-state index contributed by atoms with van der Waals surface area (Å²) in [4.78, 5) is 0. The maximum Gasteiger partial charge on any atom is 0.212 e. The van der Waals surface area contributed by atoms with E-state index >= 15 is 0 Å². The zero-order valence-corrected chi connectivity index (χ0v) is 7.33. The SMILES string of the molecule is CC(C)Nc1cn[nH][c]1[Al]. The van der Waals surface area contributed by atoms with Gasteiger partial charge in [-0.1, -0.05) is 0 Å². The molecular weight excluding hydrogens is 141 g/mol. The van der Waals surface area contributed by atoms with Crippen molar-refractivity contribution < 1.29 is 0 Å². The Morgan fingerprint density at radius 2 is 2.40 bits per heavy atom. The summed E-state index contributed by atoms with van der Waals surface area (Å²) < 4.78 is 1.01. The van der Waals surface area contributed by atoms with E-state index in [-0.39, 0.29) is 0 Å². The van der Waals surface area contributed by atoms with E-state index in [0.29, 0.717) is 6.04 Å². The summed E-state index contributed by atoms with van der Waals surface area (Å²) in [5, 5.41) is 9.93. The molecule has 0 unspecified atom stereocenters. The highest BCUT2D eigenvalue weighted by Gasteiger charge is 1.98. The van der Waals surface area contributed by atoms with E-state index in [2.05, 4.69) is 45.7 Å². The Bertz CT molecular complexity index is 207. The molecule has 0 aliphatic rings. The number of anilines is 1. The molecule has 1 aromatic heterocycles. The van der Waals surface area contributed by atoms with Crippen LogP contribution in [0.5, 0.6) is 0 Å². The van der Waals surface area contributed by atoms with Gasteiger partial charge in [0.05, 0.1) is 11.9 Å². The van der Waals surface area contributed by atoms with Gasteiger partial charge >= 0.3 is 0 Å². The molecule has 0 saturated heterocycles. The lowest BCUT2D eigenvalue weighted by Crippen LogP contribution is -2.16. The Morgan fingerprint density at radius 3 is 2.80 bits per heavy atom. The monoisotopic (exact) mass is 151 g/mol. The van der Waals surface area contributed by atoms with Crippen LogP contribution in [0.15, 0.2) is 6.20 Å². The highest BCUT2D eigenvalue weighted by molar-refractivity contribution is 6.34. The minimum atomic E-state index is 0.455. The van der Waals surface area contributed by atoms with Crippen LogP contribution in [-0.4, -0.2) is 32.5 Å². The number of H-pyrrole nitrogens is 1. The van der Waals surface area contributed by atoms with Crippen LogP contribution >= 0.6 is 0 Å². The standard InChI is InChI=1S/C6H10N3.Al/c1-5(2)9-6-3-7-8-4-6;/h3,5,9H,1-2H3,(H,7,8);. The van der Waals surface area contributed by atoms with Crippen molar-refractivity contribution in [3.63, 3.8) is 0 Å². The Balaban J connectivity index is 2.65. The lowest BCUT2D eigenvalue weighted by Gasteiger charge is -2.07. The molecular formula is C6H10AlN3. The molecule has 2 radical (unpaired) electrons. The Labute approximate surface area is 68.6 Å². The van der Waals surface area contributed by atoms with Crippen LogP contribution in [0.4, 0.5) is 5.69 Å². The quantitative estimate of drug-likeness (QED) is 0.585. The molecule has 3 nitrogen and oxygen atoms in total. The van der Waals surface area contributed by atoms with Crippen molar-refractivity contribution in [3.05, 3.63) is 6.20 Å². The normalized spacial score (nSPS) is 10.3. The van der Waals surface area contributed by atoms with Gasteiger partial charge in [-0.15, -0.1) is 0 Å². The molecule has 0 spiro atoms. The first-order chi connectivity index (χ1) is 4.70. The topological polar surface area (TPSA) is 40.7 Å². The van der Waals surface area contributed by atoms with Crippen molar-refractivity contribution in [1.82, 2.24) is 10.2 Å². The van der Waals surface area contributed by atoms with E-state index in [1.807, 2.05) is 0 Å². The van der Waals surface area contributed by atoms with Crippen LogP contribution in [0.1, 0.15) is 13.8 Å². The summed E-state index contributed by atoms with van der Waals surface area (Å²) in [6, 6.07) is 0.455. The van der Waals surface area contributed by atoms with Crippen molar-refractivity contribution in [2.24, 2.45) is 0 Å². The summed E-state index contributed by atoms with van der Waals surface area (Å²) >= 11 is 2.58. The third kappa shape index (κ3) is 1.76. The van der Waals surface area contributed by atoms with Gasteiger partial charge in [-0.05, 0) is 18.4 Å². The van der Waals surface area contributed by atoms with E-state index in [1.54, 1.807) is 6.20 Å². The van der Waals surface area contributed by atoms with Gasteiger partial charge in [-0.2, -0.15) is 5.10 Å². The molecule has 0 atom stereocenters. The van der Waals surface area contributed by atoms with Gasteiger partial charge in [0.25, 0.3) is 0 Å². The molecule has 0 saturated carbocycles. The molecule has 1 aromatic rings. The molecule has 1 heterocycles. The molecule has 10 heavy (non-hydrogen) atoms. The maximum atomic E-state index is 3.87. The highest BCUT2D eigenvalue weighted by Crippen LogP contribution is 1.99. The summed E-state index contributed by atoms with van der Waals surface area (Å²) in [5.41, 5.74) is 1.06. The molecule has 0 fully saturated rings. The molecule has 0 aromatic carbocycles. The Hall–Kier alpha value is -0.458.